The predicted molar refractivity (Wildman–Crippen MR) is 188 cm³/mol. The first-order valence-electron chi connectivity index (χ1n) is 15.6. The highest BCUT2D eigenvalue weighted by atomic mass is 32.1. The second kappa shape index (κ2) is 10.4. The third-order valence-electron chi connectivity index (χ3n) is 10.2. The van der Waals surface area contributed by atoms with E-state index >= 15 is 0 Å². The van der Waals surface area contributed by atoms with Crippen LogP contribution in [0.5, 0.6) is 0 Å². The van der Waals surface area contributed by atoms with Crippen molar-refractivity contribution in [2.75, 3.05) is 14.1 Å². The van der Waals surface area contributed by atoms with Crippen LogP contribution < -0.4 is 0 Å². The van der Waals surface area contributed by atoms with E-state index in [-0.39, 0.29) is 33.7 Å². The lowest BCUT2D eigenvalue weighted by molar-refractivity contribution is -0.138. The molecule has 10 nitrogen and oxygen atoms in total. The Morgan fingerprint density at radius 2 is 1.00 bits per heavy atom. The number of amides is 4. The van der Waals surface area contributed by atoms with Gasteiger partial charge in [0.15, 0.2) is 0 Å². The van der Waals surface area contributed by atoms with E-state index in [1.165, 1.54) is 14.1 Å². The van der Waals surface area contributed by atoms with Gasteiger partial charge in [0.1, 0.15) is 34.7 Å². The fourth-order valence-electron chi connectivity index (χ4n) is 6.98. The fraction of sp³-hybridized carbons (Fsp3) is 0.263. The molecule has 4 aliphatic rings. The molecule has 4 amide bonds. The van der Waals surface area contributed by atoms with E-state index in [1.54, 1.807) is 25.2 Å². The number of allylic oxidation sites excluding steroid dienone is 2. The largest absolute Gasteiger partial charge is 0.279 e. The van der Waals surface area contributed by atoms with Crippen molar-refractivity contribution in [3.05, 3.63) is 80.2 Å². The summed E-state index contributed by atoms with van der Waals surface area (Å²) in [5.41, 5.74) is 4.79. The van der Waals surface area contributed by atoms with Crippen molar-refractivity contribution in [2.45, 2.75) is 52.4 Å². The molecule has 49 heavy (non-hydrogen) atoms. The average Bonchev–Trinajstić information content (AvgIpc) is 3.62. The lowest BCUT2D eigenvalue weighted by Gasteiger charge is -2.26. The van der Waals surface area contributed by atoms with Gasteiger partial charge in [0.25, 0.3) is 23.6 Å². The van der Waals surface area contributed by atoms with Gasteiger partial charge >= 0.3 is 0 Å². The maximum Gasteiger partial charge on any atom is 0.279 e. The summed E-state index contributed by atoms with van der Waals surface area (Å²) < 4.78 is 2.18. The van der Waals surface area contributed by atoms with Gasteiger partial charge in [-0.1, -0.05) is 27.7 Å². The van der Waals surface area contributed by atoms with Crippen LogP contribution in [0.4, 0.5) is 0 Å². The van der Waals surface area contributed by atoms with E-state index in [9.17, 15) is 29.7 Å². The number of likely N-dealkylation sites (N-methyl/N-ethyl adjacent to an activating group) is 2. The molecule has 2 aliphatic heterocycles. The predicted octanol–water partition coefficient (Wildman–Crippen LogP) is 5.88. The molecule has 0 radical (unpaired) electrons. The standard InChI is InChI=1S/C38H30N6O4S/c1-17-23(15-39)33(45)43(7)35(47)31(17)41-29-11-19-9-27-21(13-25(19)37(29,3)4)22-14-26-20(10-28(22)49-27)12-30(38(26,5)6)42-32-18(2)24(16-40)34(46)44(8)36(32)48/h9-14H,1-8H3. The highest BCUT2D eigenvalue weighted by Gasteiger charge is 2.40. The van der Waals surface area contributed by atoms with Crippen LogP contribution in [0, 0.1) is 22.7 Å². The number of nitriles is 2. The van der Waals surface area contributed by atoms with Gasteiger partial charge in [0.05, 0.1) is 11.4 Å². The zero-order valence-corrected chi connectivity index (χ0v) is 29.0. The number of thiophene rings is 1. The van der Waals surface area contributed by atoms with Crippen LogP contribution in [-0.4, -0.2) is 58.9 Å². The third-order valence-corrected chi connectivity index (χ3v) is 11.3. The molecule has 3 aromatic rings. The highest BCUT2D eigenvalue weighted by Crippen LogP contribution is 2.49. The van der Waals surface area contributed by atoms with Gasteiger partial charge in [0, 0.05) is 56.2 Å². The summed E-state index contributed by atoms with van der Waals surface area (Å²) in [6.07, 6.45) is 3.94. The molecular formula is C38H30N6O4S. The van der Waals surface area contributed by atoms with E-state index in [0.29, 0.717) is 11.4 Å². The molecule has 242 valence electrons. The minimum absolute atomic E-state index is 0.0884. The van der Waals surface area contributed by atoms with E-state index in [1.807, 2.05) is 52.0 Å². The number of carbonyl (C=O) groups is 4. The molecule has 2 aliphatic carbocycles. The highest BCUT2D eigenvalue weighted by molar-refractivity contribution is 7.25. The molecule has 7 rings (SSSR count). The second-order valence-corrected chi connectivity index (χ2v) is 14.8. The van der Waals surface area contributed by atoms with E-state index in [4.69, 9.17) is 9.98 Å². The number of imide groups is 2. The van der Waals surface area contributed by atoms with Gasteiger partial charge < -0.3 is 0 Å². The lowest BCUT2D eigenvalue weighted by atomic mass is 9.82. The van der Waals surface area contributed by atoms with Gasteiger partial charge in [0.2, 0.25) is 0 Å². The Bertz CT molecular complexity index is 2310. The van der Waals surface area contributed by atoms with Crippen molar-refractivity contribution in [1.82, 2.24) is 9.80 Å². The van der Waals surface area contributed by atoms with Gasteiger partial charge in [-0.3, -0.25) is 29.0 Å². The monoisotopic (exact) mass is 666 g/mol. The van der Waals surface area contributed by atoms with Crippen LogP contribution in [0.15, 0.2) is 67.9 Å². The first-order chi connectivity index (χ1) is 23.0. The summed E-state index contributed by atoms with van der Waals surface area (Å²) >= 11 is 1.66. The molecule has 0 unspecified atom stereocenters. The molecule has 0 saturated carbocycles. The summed E-state index contributed by atoms with van der Waals surface area (Å²) in [7, 11) is 2.71. The van der Waals surface area contributed by atoms with Crippen LogP contribution in [0.25, 0.3) is 32.3 Å². The van der Waals surface area contributed by atoms with Crippen molar-refractivity contribution in [3.63, 3.8) is 0 Å². The fourth-order valence-corrected chi connectivity index (χ4v) is 8.15. The molecule has 0 N–H and O–H groups in total. The number of hydrogen-bond donors (Lipinski definition) is 0. The molecule has 0 spiro atoms. The Balaban J connectivity index is 1.32. The SMILES string of the molecule is CC1=C(C#N)C(=O)N(C)C(=O)C1=NC1=Cc2cc3sc4cc5c(cc4c3cc2C1(C)C)C(C)(C)C(N=C1C(=O)N(C)C(=O)C(C#N)=C1C)=C5. The topological polar surface area (TPSA) is 147 Å². The first-order valence-corrected chi connectivity index (χ1v) is 16.4. The molecule has 3 heterocycles. The Hall–Kier alpha value is -5.78. The average molecular weight is 667 g/mol. The zero-order valence-electron chi connectivity index (χ0n) is 28.2. The van der Waals surface area contributed by atoms with Crippen molar-refractivity contribution >= 4 is 78.7 Å². The number of aliphatic imine (C=N–C) groups is 2. The number of nitrogens with zero attached hydrogens (tertiary/aromatic N) is 6. The Labute approximate surface area is 286 Å². The first kappa shape index (κ1) is 31.8. The van der Waals surface area contributed by atoms with Crippen molar-refractivity contribution in [2.24, 2.45) is 9.98 Å². The molecule has 2 aromatic carbocycles. The number of hydrogen-bond acceptors (Lipinski definition) is 9. The Morgan fingerprint density at radius 1 is 0.633 bits per heavy atom. The Kier molecular flexibility index (Phi) is 6.72. The van der Waals surface area contributed by atoms with Crippen LogP contribution in [0.2, 0.25) is 0 Å². The van der Waals surface area contributed by atoms with Gasteiger partial charge in [-0.05, 0) is 72.5 Å². The normalized spacial score (nSPS) is 21.6. The van der Waals surface area contributed by atoms with Crippen molar-refractivity contribution in [3.8, 4) is 12.1 Å². The molecule has 0 saturated heterocycles. The smallest absolute Gasteiger partial charge is 0.276 e. The zero-order chi connectivity index (χ0) is 35.5. The van der Waals surface area contributed by atoms with Crippen LogP contribution in [0.1, 0.15) is 63.8 Å². The van der Waals surface area contributed by atoms with Crippen LogP contribution in [-0.2, 0) is 30.0 Å². The number of fused-ring (bicyclic) bond motifs is 5. The van der Waals surface area contributed by atoms with Crippen molar-refractivity contribution in [1.29, 1.82) is 10.5 Å². The maximum atomic E-state index is 13.1. The quantitative estimate of drug-likeness (QED) is 0.312. The summed E-state index contributed by atoms with van der Waals surface area (Å²) in [6.45, 7) is 11.3. The van der Waals surface area contributed by atoms with Gasteiger partial charge in [-0.15, -0.1) is 11.3 Å². The molecule has 0 bridgehead atoms. The number of carbonyl (C=O) groups excluding carboxylic acids is 4. The lowest BCUT2D eigenvalue weighted by Crippen LogP contribution is -2.44. The molecule has 11 heteroatoms. The van der Waals surface area contributed by atoms with Crippen LogP contribution in [0.3, 0.4) is 0 Å². The maximum absolute atomic E-state index is 13.1. The summed E-state index contributed by atoms with van der Waals surface area (Å²) in [5, 5.41) is 21.3. The molecule has 1 aromatic heterocycles. The summed E-state index contributed by atoms with van der Waals surface area (Å²) in [6, 6.07) is 12.5. The molecule has 0 atom stereocenters. The Morgan fingerprint density at radius 3 is 1.35 bits per heavy atom. The van der Waals surface area contributed by atoms with Gasteiger partial charge in [-0.2, -0.15) is 10.5 Å². The number of rotatable bonds is 2. The molecular weight excluding hydrogens is 637 g/mol. The van der Waals surface area contributed by atoms with Gasteiger partial charge in [-0.25, -0.2) is 9.98 Å². The second-order valence-electron chi connectivity index (χ2n) is 13.8. The third kappa shape index (κ3) is 4.29. The van der Waals surface area contributed by atoms with E-state index in [2.05, 4.69) is 24.3 Å². The van der Waals surface area contributed by atoms with Crippen LogP contribution >= 0.6 is 11.3 Å². The minimum atomic E-state index is -0.630. The minimum Gasteiger partial charge on any atom is -0.276 e. The van der Waals surface area contributed by atoms with Crippen molar-refractivity contribution < 1.29 is 19.2 Å². The number of benzene rings is 2. The van der Waals surface area contributed by atoms with E-state index < -0.39 is 34.5 Å². The summed E-state index contributed by atoms with van der Waals surface area (Å²) in [4.78, 5) is 62.6. The summed E-state index contributed by atoms with van der Waals surface area (Å²) in [5.74, 6) is -2.34. The molecule has 0 fully saturated rings. The van der Waals surface area contributed by atoms with E-state index in [0.717, 1.165) is 52.2 Å².